The number of anilines is 2. The highest BCUT2D eigenvalue weighted by Gasteiger charge is 2.28. The molecule has 0 aliphatic carbocycles. The largest absolute Gasteiger partial charge is 0.411 e. The molecular weight excluding hydrogens is 305 g/mol. The summed E-state index contributed by atoms with van der Waals surface area (Å²) in [5, 5.41) is 0. The molecule has 1 aliphatic heterocycles. The van der Waals surface area contributed by atoms with Crippen molar-refractivity contribution in [2.45, 2.75) is 17.5 Å². The summed E-state index contributed by atoms with van der Waals surface area (Å²) in [6.07, 6.45) is -4.46. The third-order valence-corrected chi connectivity index (χ3v) is 3.92. The number of benzene rings is 1. The van der Waals surface area contributed by atoms with Gasteiger partial charge in [0.2, 0.25) is 5.91 Å². The summed E-state index contributed by atoms with van der Waals surface area (Å²) in [6.45, 7) is -1.07. The monoisotopic (exact) mass is 320 g/mol. The van der Waals surface area contributed by atoms with Crippen molar-refractivity contribution in [3.8, 4) is 0 Å². The molecule has 0 saturated carbocycles. The first-order valence-corrected chi connectivity index (χ1v) is 7.32. The van der Waals surface area contributed by atoms with E-state index in [4.69, 9.17) is 5.73 Å². The Balaban J connectivity index is 1.94. The molecule has 4 nitrogen and oxygen atoms in total. The van der Waals surface area contributed by atoms with Crippen molar-refractivity contribution >= 4 is 29.0 Å². The van der Waals surface area contributed by atoms with Gasteiger partial charge in [-0.1, -0.05) is 0 Å². The van der Waals surface area contributed by atoms with Crippen molar-refractivity contribution in [1.29, 1.82) is 0 Å². The molecular formula is C13H15F3N2O2S. The van der Waals surface area contributed by atoms with E-state index in [1.807, 2.05) is 6.07 Å². The Morgan fingerprint density at radius 1 is 1.43 bits per heavy atom. The maximum Gasteiger partial charge on any atom is 0.411 e. The van der Waals surface area contributed by atoms with Gasteiger partial charge in [-0.25, -0.2) is 0 Å². The van der Waals surface area contributed by atoms with Crippen LogP contribution in [0.3, 0.4) is 0 Å². The average molecular weight is 320 g/mol. The van der Waals surface area contributed by atoms with Gasteiger partial charge in [0, 0.05) is 22.9 Å². The van der Waals surface area contributed by atoms with Gasteiger partial charge < -0.3 is 15.4 Å². The first kappa shape index (κ1) is 16.0. The Morgan fingerprint density at radius 2 is 2.19 bits per heavy atom. The first-order chi connectivity index (χ1) is 9.87. The van der Waals surface area contributed by atoms with Gasteiger partial charge in [-0.15, -0.1) is 11.8 Å². The second-order valence-electron chi connectivity index (χ2n) is 4.54. The predicted octanol–water partition coefficient (Wildman–Crippen LogP) is 2.68. The molecule has 0 aromatic heterocycles. The van der Waals surface area contributed by atoms with Crippen LogP contribution in [0.4, 0.5) is 24.5 Å². The van der Waals surface area contributed by atoms with E-state index in [2.05, 4.69) is 4.74 Å². The molecule has 0 unspecified atom stereocenters. The van der Waals surface area contributed by atoms with Crippen molar-refractivity contribution < 1.29 is 22.7 Å². The number of rotatable bonds is 4. The Hall–Kier alpha value is -1.41. The fourth-order valence-electron chi connectivity index (χ4n) is 1.98. The highest BCUT2D eigenvalue weighted by atomic mass is 32.2. The van der Waals surface area contributed by atoms with Gasteiger partial charge in [0.25, 0.3) is 0 Å². The van der Waals surface area contributed by atoms with E-state index in [-0.39, 0.29) is 18.9 Å². The van der Waals surface area contributed by atoms with Gasteiger partial charge in [-0.05, 0) is 18.2 Å². The third kappa shape index (κ3) is 4.53. The fraction of sp³-hybridized carbons (Fsp3) is 0.462. The maximum atomic E-state index is 12.1. The van der Waals surface area contributed by atoms with Crippen LogP contribution in [0, 0.1) is 0 Å². The predicted molar refractivity (Wildman–Crippen MR) is 75.4 cm³/mol. The number of halogens is 3. The van der Waals surface area contributed by atoms with Gasteiger partial charge in [0.1, 0.15) is 6.61 Å². The Labute approximate surface area is 124 Å². The Kier molecular flexibility index (Phi) is 5.00. The lowest BCUT2D eigenvalue weighted by Crippen LogP contribution is -2.36. The lowest BCUT2D eigenvalue weighted by Gasteiger charge is -2.29. The molecule has 116 valence electrons. The summed E-state index contributed by atoms with van der Waals surface area (Å²) < 4.78 is 40.3. The van der Waals surface area contributed by atoms with Crippen LogP contribution in [0.5, 0.6) is 0 Å². The number of nitrogens with zero attached hydrogens (tertiary/aromatic N) is 1. The minimum absolute atomic E-state index is 0.0883. The molecule has 0 spiro atoms. The number of nitrogen functional groups attached to an aromatic ring is 1. The van der Waals surface area contributed by atoms with Crippen molar-refractivity contribution in [3.05, 3.63) is 18.2 Å². The van der Waals surface area contributed by atoms with E-state index in [0.29, 0.717) is 17.9 Å². The summed E-state index contributed by atoms with van der Waals surface area (Å²) in [4.78, 5) is 14.6. The van der Waals surface area contributed by atoms with Gasteiger partial charge in [-0.2, -0.15) is 13.2 Å². The van der Waals surface area contributed by atoms with Crippen LogP contribution in [0.1, 0.15) is 6.42 Å². The zero-order chi connectivity index (χ0) is 15.5. The van der Waals surface area contributed by atoms with E-state index < -0.39 is 12.8 Å². The minimum Gasteiger partial charge on any atom is -0.399 e. The molecule has 0 fully saturated rings. The highest BCUT2D eigenvalue weighted by molar-refractivity contribution is 7.99. The Bertz CT molecular complexity index is 523. The zero-order valence-corrected chi connectivity index (χ0v) is 12.0. The number of fused-ring (bicyclic) bond motifs is 1. The fourth-order valence-corrected chi connectivity index (χ4v) is 2.95. The number of amides is 1. The number of hydrogen-bond donors (Lipinski definition) is 1. The number of carbonyl (C=O) groups is 1. The number of alkyl halides is 3. The molecule has 21 heavy (non-hydrogen) atoms. The minimum atomic E-state index is -4.37. The molecule has 1 heterocycles. The van der Waals surface area contributed by atoms with Crippen molar-refractivity contribution in [3.63, 3.8) is 0 Å². The maximum absolute atomic E-state index is 12.1. The molecule has 1 aromatic rings. The molecule has 0 bridgehead atoms. The number of carbonyl (C=O) groups excluding carboxylic acids is 1. The molecule has 0 saturated heterocycles. The van der Waals surface area contributed by atoms with Crippen LogP contribution in [0.2, 0.25) is 0 Å². The third-order valence-electron chi connectivity index (χ3n) is 2.87. The molecule has 0 atom stereocenters. The summed E-state index contributed by atoms with van der Waals surface area (Å²) in [6, 6.07) is 5.30. The van der Waals surface area contributed by atoms with Gasteiger partial charge in [0.15, 0.2) is 0 Å². The van der Waals surface area contributed by atoms with E-state index in [1.54, 1.807) is 28.8 Å². The zero-order valence-electron chi connectivity index (χ0n) is 11.2. The second-order valence-corrected chi connectivity index (χ2v) is 5.68. The van der Waals surface area contributed by atoms with Crippen molar-refractivity contribution in [1.82, 2.24) is 0 Å². The standard InChI is InChI=1S/C13H15F3N2O2S/c14-13(15,16)8-20-5-3-12(19)18-4-6-21-11-2-1-9(17)7-10(11)18/h1-2,7H,3-6,8,17H2. The second kappa shape index (κ2) is 6.57. The molecule has 1 amide bonds. The number of hydrogen-bond acceptors (Lipinski definition) is 4. The molecule has 1 aliphatic rings. The molecule has 8 heteroatoms. The summed E-state index contributed by atoms with van der Waals surface area (Å²) in [5.74, 6) is 0.482. The molecule has 0 radical (unpaired) electrons. The van der Waals surface area contributed by atoms with Crippen molar-refractivity contribution in [2.75, 3.05) is 36.1 Å². The smallest absolute Gasteiger partial charge is 0.399 e. The number of thioether (sulfide) groups is 1. The van der Waals surface area contributed by atoms with E-state index in [9.17, 15) is 18.0 Å². The lowest BCUT2D eigenvalue weighted by molar-refractivity contribution is -0.174. The SMILES string of the molecule is Nc1ccc2c(c1)N(C(=O)CCOCC(F)(F)F)CCS2. The topological polar surface area (TPSA) is 55.6 Å². The lowest BCUT2D eigenvalue weighted by atomic mass is 10.2. The quantitative estimate of drug-likeness (QED) is 0.684. The average Bonchev–Trinajstić information content (AvgIpc) is 2.41. The van der Waals surface area contributed by atoms with Crippen LogP contribution in [-0.4, -0.2) is 37.6 Å². The van der Waals surface area contributed by atoms with Gasteiger partial charge in [-0.3, -0.25) is 4.79 Å². The Morgan fingerprint density at radius 3 is 2.90 bits per heavy atom. The molecule has 2 N–H and O–H groups in total. The number of ether oxygens (including phenoxy) is 1. The van der Waals surface area contributed by atoms with Gasteiger partial charge >= 0.3 is 6.18 Å². The molecule has 2 rings (SSSR count). The van der Waals surface area contributed by atoms with E-state index in [0.717, 1.165) is 10.6 Å². The van der Waals surface area contributed by atoms with Crippen LogP contribution >= 0.6 is 11.8 Å². The summed E-state index contributed by atoms with van der Waals surface area (Å²) in [5.41, 5.74) is 6.98. The summed E-state index contributed by atoms with van der Waals surface area (Å²) in [7, 11) is 0. The van der Waals surface area contributed by atoms with Crippen LogP contribution < -0.4 is 10.6 Å². The van der Waals surface area contributed by atoms with Crippen LogP contribution in [0.25, 0.3) is 0 Å². The number of nitrogens with two attached hydrogens (primary N) is 1. The normalized spacial score (nSPS) is 14.9. The van der Waals surface area contributed by atoms with Crippen LogP contribution in [-0.2, 0) is 9.53 Å². The van der Waals surface area contributed by atoms with E-state index >= 15 is 0 Å². The van der Waals surface area contributed by atoms with E-state index in [1.165, 1.54) is 0 Å². The summed E-state index contributed by atoms with van der Waals surface area (Å²) >= 11 is 1.62. The van der Waals surface area contributed by atoms with Gasteiger partial charge in [0.05, 0.1) is 18.7 Å². The molecule has 1 aromatic carbocycles. The first-order valence-electron chi connectivity index (χ1n) is 6.34. The van der Waals surface area contributed by atoms with Crippen molar-refractivity contribution in [2.24, 2.45) is 0 Å². The highest BCUT2D eigenvalue weighted by Crippen LogP contribution is 2.36. The van der Waals surface area contributed by atoms with Crippen LogP contribution in [0.15, 0.2) is 23.1 Å².